The van der Waals surface area contributed by atoms with Gasteiger partial charge in [-0.15, -0.1) is 0 Å². The minimum atomic E-state index is -1.04. The molecular weight excluding hydrogens is 270 g/mol. The van der Waals surface area contributed by atoms with E-state index >= 15 is 0 Å². The molecule has 0 aliphatic rings. The van der Waals surface area contributed by atoms with Gasteiger partial charge in [0, 0.05) is 5.92 Å². The van der Waals surface area contributed by atoms with E-state index in [-0.39, 0.29) is 11.5 Å². The number of aromatic carboxylic acids is 1. The van der Waals surface area contributed by atoms with Gasteiger partial charge in [0.1, 0.15) is 16.9 Å². The van der Waals surface area contributed by atoms with Crippen molar-refractivity contribution in [2.75, 3.05) is 0 Å². The van der Waals surface area contributed by atoms with Crippen LogP contribution in [0, 0.1) is 0 Å². The maximum Gasteiger partial charge on any atom is 0.337 e. The van der Waals surface area contributed by atoms with Crippen molar-refractivity contribution in [3.8, 4) is 0 Å². The van der Waals surface area contributed by atoms with Crippen molar-refractivity contribution < 1.29 is 14.7 Å². The number of hydrogen-bond acceptors (Lipinski definition) is 3. The number of carbonyl (C=O) groups is 2. The van der Waals surface area contributed by atoms with E-state index in [1.807, 2.05) is 13.8 Å². The molecule has 21 heavy (non-hydrogen) atoms. The second-order valence-electron chi connectivity index (χ2n) is 5.86. The number of fused-ring (bicyclic) bond motifs is 1. The van der Waals surface area contributed by atoms with Crippen molar-refractivity contribution >= 4 is 22.9 Å². The zero-order chi connectivity index (χ0) is 15.9. The molecular formula is C15H19N3O3. The van der Waals surface area contributed by atoms with Crippen LogP contribution < -0.4 is 5.73 Å². The monoisotopic (exact) mass is 289 g/mol. The number of rotatable bonds is 4. The van der Waals surface area contributed by atoms with Crippen molar-refractivity contribution in [2.24, 2.45) is 5.73 Å². The number of imidazole rings is 1. The minimum absolute atomic E-state index is 0.0256. The van der Waals surface area contributed by atoms with Crippen LogP contribution in [0.5, 0.6) is 0 Å². The third-order valence-electron chi connectivity index (χ3n) is 3.62. The van der Waals surface area contributed by atoms with Gasteiger partial charge in [-0.1, -0.05) is 19.9 Å². The summed E-state index contributed by atoms with van der Waals surface area (Å²) in [5.41, 5.74) is 5.62. The maximum absolute atomic E-state index is 11.8. The van der Waals surface area contributed by atoms with Gasteiger partial charge in [-0.2, -0.15) is 0 Å². The van der Waals surface area contributed by atoms with Crippen LogP contribution in [-0.2, 0) is 10.3 Å². The Balaban J connectivity index is 2.92. The quantitative estimate of drug-likeness (QED) is 0.900. The van der Waals surface area contributed by atoms with Crippen LogP contribution >= 0.6 is 0 Å². The van der Waals surface area contributed by atoms with Gasteiger partial charge < -0.3 is 15.4 Å². The number of hydrogen-bond donors (Lipinski definition) is 2. The molecule has 1 amide bonds. The van der Waals surface area contributed by atoms with Gasteiger partial charge in [0.05, 0.1) is 11.1 Å². The number of carbonyl (C=O) groups excluding carboxylic acids is 1. The molecule has 1 aromatic heterocycles. The number of aromatic nitrogens is 2. The number of carboxylic acids is 1. The zero-order valence-corrected chi connectivity index (χ0v) is 12.5. The molecule has 1 aromatic carbocycles. The van der Waals surface area contributed by atoms with Crippen LogP contribution in [0.3, 0.4) is 0 Å². The van der Waals surface area contributed by atoms with E-state index < -0.39 is 17.4 Å². The van der Waals surface area contributed by atoms with Gasteiger partial charge in [0.15, 0.2) is 0 Å². The molecule has 112 valence electrons. The Morgan fingerprint density at radius 1 is 1.33 bits per heavy atom. The first-order chi connectivity index (χ1) is 9.67. The molecule has 0 spiro atoms. The number of nitrogens with zero attached hydrogens (tertiary/aromatic N) is 2. The number of amides is 1. The standard InChI is InChI=1S/C15H19N3O3/c1-8(2)12-17-11-9(13(19)20)6-5-7-10(11)18(12)15(3,4)14(16)21/h5-8H,1-4H3,(H2,16,21)(H,19,20). The molecule has 0 radical (unpaired) electrons. The first kappa shape index (κ1) is 15.0. The number of nitrogens with two attached hydrogens (primary N) is 1. The molecule has 0 aliphatic heterocycles. The number of para-hydroxylation sites is 1. The van der Waals surface area contributed by atoms with Gasteiger partial charge in [-0.25, -0.2) is 9.78 Å². The normalized spacial score (nSPS) is 12.0. The molecule has 1 heterocycles. The van der Waals surface area contributed by atoms with Gasteiger partial charge in [-0.05, 0) is 26.0 Å². The van der Waals surface area contributed by atoms with E-state index in [1.54, 1.807) is 30.5 Å². The van der Waals surface area contributed by atoms with Crippen LogP contribution in [0.2, 0.25) is 0 Å². The van der Waals surface area contributed by atoms with E-state index in [9.17, 15) is 14.7 Å². The molecule has 3 N–H and O–H groups in total. The van der Waals surface area contributed by atoms with E-state index in [0.717, 1.165) is 0 Å². The highest BCUT2D eigenvalue weighted by Crippen LogP contribution is 2.30. The highest BCUT2D eigenvalue weighted by molar-refractivity contribution is 6.01. The molecule has 0 saturated carbocycles. The molecule has 2 rings (SSSR count). The first-order valence-corrected chi connectivity index (χ1v) is 6.73. The lowest BCUT2D eigenvalue weighted by Gasteiger charge is -2.27. The van der Waals surface area contributed by atoms with Crippen molar-refractivity contribution in [3.05, 3.63) is 29.6 Å². The Morgan fingerprint density at radius 2 is 1.95 bits per heavy atom. The third-order valence-corrected chi connectivity index (χ3v) is 3.62. The van der Waals surface area contributed by atoms with Crippen LogP contribution in [0.15, 0.2) is 18.2 Å². The molecule has 6 nitrogen and oxygen atoms in total. The minimum Gasteiger partial charge on any atom is -0.478 e. The average molecular weight is 289 g/mol. The van der Waals surface area contributed by atoms with Crippen molar-refractivity contribution in [3.63, 3.8) is 0 Å². The predicted molar refractivity (Wildman–Crippen MR) is 79.3 cm³/mol. The van der Waals surface area contributed by atoms with Crippen LogP contribution in [-0.4, -0.2) is 26.5 Å². The second-order valence-corrected chi connectivity index (χ2v) is 5.86. The van der Waals surface area contributed by atoms with E-state index in [0.29, 0.717) is 16.9 Å². The lowest BCUT2D eigenvalue weighted by Crippen LogP contribution is -2.42. The van der Waals surface area contributed by atoms with E-state index in [4.69, 9.17) is 5.73 Å². The second kappa shape index (κ2) is 4.87. The summed E-state index contributed by atoms with van der Waals surface area (Å²) in [6.07, 6.45) is 0. The number of carboxylic acid groups (broad SMARTS) is 1. The van der Waals surface area contributed by atoms with Crippen molar-refractivity contribution in [1.29, 1.82) is 0 Å². The SMILES string of the molecule is CC(C)c1nc2c(C(=O)O)cccc2n1C(C)(C)C(N)=O. The Bertz CT molecular complexity index is 729. The fraction of sp³-hybridized carbons (Fsp3) is 0.400. The fourth-order valence-corrected chi connectivity index (χ4v) is 2.37. The summed E-state index contributed by atoms with van der Waals surface area (Å²) in [5, 5.41) is 9.29. The largest absolute Gasteiger partial charge is 0.478 e. The lowest BCUT2D eigenvalue weighted by molar-refractivity contribution is -0.125. The lowest BCUT2D eigenvalue weighted by atomic mass is 10.0. The van der Waals surface area contributed by atoms with Crippen LogP contribution in [0.25, 0.3) is 11.0 Å². The molecule has 0 unspecified atom stereocenters. The Morgan fingerprint density at radius 3 is 2.43 bits per heavy atom. The molecule has 0 bridgehead atoms. The van der Waals surface area contributed by atoms with E-state index in [1.165, 1.54) is 6.07 Å². The van der Waals surface area contributed by atoms with Gasteiger partial charge in [-0.3, -0.25) is 4.79 Å². The van der Waals surface area contributed by atoms with Crippen molar-refractivity contribution in [2.45, 2.75) is 39.2 Å². The number of benzene rings is 1. The summed E-state index contributed by atoms with van der Waals surface area (Å²) < 4.78 is 1.74. The van der Waals surface area contributed by atoms with Crippen molar-refractivity contribution in [1.82, 2.24) is 9.55 Å². The third kappa shape index (κ3) is 2.26. The Hall–Kier alpha value is -2.37. The summed E-state index contributed by atoms with van der Waals surface area (Å²) in [4.78, 5) is 27.6. The van der Waals surface area contributed by atoms with Crippen LogP contribution in [0.1, 0.15) is 49.8 Å². The summed E-state index contributed by atoms with van der Waals surface area (Å²) in [6, 6.07) is 4.90. The van der Waals surface area contributed by atoms with Gasteiger partial charge in [0.25, 0.3) is 0 Å². The molecule has 0 aliphatic carbocycles. The smallest absolute Gasteiger partial charge is 0.337 e. The summed E-state index contributed by atoms with van der Waals surface area (Å²) in [7, 11) is 0. The molecule has 2 aromatic rings. The molecule has 0 fully saturated rings. The fourth-order valence-electron chi connectivity index (χ4n) is 2.37. The Kier molecular flexibility index (Phi) is 3.49. The highest BCUT2D eigenvalue weighted by atomic mass is 16.4. The zero-order valence-electron chi connectivity index (χ0n) is 12.5. The summed E-state index contributed by atoms with van der Waals surface area (Å²) in [6.45, 7) is 7.29. The first-order valence-electron chi connectivity index (χ1n) is 6.73. The number of primary amides is 1. The average Bonchev–Trinajstić information content (AvgIpc) is 2.77. The highest BCUT2D eigenvalue weighted by Gasteiger charge is 2.33. The maximum atomic E-state index is 11.8. The van der Waals surface area contributed by atoms with Gasteiger partial charge in [0.2, 0.25) is 5.91 Å². The summed E-state index contributed by atoms with van der Waals surface area (Å²) in [5.74, 6) is -0.873. The topological polar surface area (TPSA) is 98.2 Å². The predicted octanol–water partition coefficient (Wildman–Crippen LogP) is 2.08. The molecule has 6 heteroatoms. The summed E-state index contributed by atoms with van der Waals surface area (Å²) >= 11 is 0. The van der Waals surface area contributed by atoms with Gasteiger partial charge >= 0.3 is 5.97 Å². The van der Waals surface area contributed by atoms with E-state index in [2.05, 4.69) is 4.98 Å². The molecule has 0 atom stereocenters. The Labute approximate surface area is 122 Å². The van der Waals surface area contributed by atoms with Crippen LogP contribution in [0.4, 0.5) is 0 Å². The molecule has 0 saturated heterocycles.